The molecule has 3 aliphatic carbocycles. The van der Waals surface area contributed by atoms with Crippen molar-refractivity contribution in [3.63, 3.8) is 0 Å². The van der Waals surface area contributed by atoms with Crippen LogP contribution in [0, 0.1) is 23.7 Å². The third-order valence-corrected chi connectivity index (χ3v) is 9.13. The molecule has 0 radical (unpaired) electrons. The second-order valence-corrected chi connectivity index (χ2v) is 11.4. The molecule has 0 spiro atoms. The summed E-state index contributed by atoms with van der Waals surface area (Å²) in [5.74, 6) is 2.58. The maximum absolute atomic E-state index is 13.4. The van der Waals surface area contributed by atoms with Gasteiger partial charge in [-0.15, -0.1) is 0 Å². The van der Waals surface area contributed by atoms with E-state index in [0.29, 0.717) is 17.9 Å². The van der Waals surface area contributed by atoms with E-state index in [-0.39, 0.29) is 6.10 Å². The van der Waals surface area contributed by atoms with Crippen LogP contribution in [-0.4, -0.2) is 54.6 Å². The molecule has 4 heteroatoms. The maximum Gasteiger partial charge on any atom is 0.100 e. The number of likely N-dealkylation sites (tertiary alicyclic amines) is 1. The van der Waals surface area contributed by atoms with E-state index in [2.05, 4.69) is 4.90 Å². The number of halogens is 1. The second-order valence-electron chi connectivity index (χ2n) is 11.4. The molecule has 3 nitrogen and oxygen atoms in total. The normalized spacial score (nSPS) is 34.9. The van der Waals surface area contributed by atoms with Crippen molar-refractivity contribution < 1.29 is 14.2 Å². The van der Waals surface area contributed by atoms with Gasteiger partial charge >= 0.3 is 0 Å². The molecule has 2 unspecified atom stereocenters. The number of piperidine rings is 1. The molecule has 3 saturated carbocycles. The lowest BCUT2D eigenvalue weighted by atomic mass is 9.75. The minimum atomic E-state index is -0.571. The van der Waals surface area contributed by atoms with Crippen LogP contribution in [0.15, 0.2) is 0 Å². The van der Waals surface area contributed by atoms with Gasteiger partial charge in [-0.25, -0.2) is 4.39 Å². The molecule has 4 fully saturated rings. The first-order valence-electron chi connectivity index (χ1n) is 13.8. The summed E-state index contributed by atoms with van der Waals surface area (Å²) in [5.41, 5.74) is 0. The molecule has 0 aromatic carbocycles. The van der Waals surface area contributed by atoms with Crippen LogP contribution in [0.2, 0.25) is 0 Å². The molecule has 0 aromatic heterocycles. The van der Waals surface area contributed by atoms with E-state index >= 15 is 0 Å². The zero-order valence-electron chi connectivity index (χ0n) is 19.9. The van der Waals surface area contributed by atoms with Gasteiger partial charge in [0.1, 0.15) is 6.17 Å². The van der Waals surface area contributed by atoms with Crippen LogP contribution >= 0.6 is 0 Å². The van der Waals surface area contributed by atoms with Gasteiger partial charge in [0.15, 0.2) is 0 Å². The number of β-amino-alcohol motifs (C(OH)–C–C–N with tert-alkyl or cyclic N) is 1. The van der Waals surface area contributed by atoms with Crippen molar-refractivity contribution in [2.45, 2.75) is 121 Å². The monoisotopic (exact) mass is 437 g/mol. The zero-order valence-corrected chi connectivity index (χ0v) is 19.9. The van der Waals surface area contributed by atoms with E-state index in [9.17, 15) is 9.50 Å². The van der Waals surface area contributed by atoms with Gasteiger partial charge in [-0.2, -0.15) is 0 Å². The van der Waals surface area contributed by atoms with Crippen molar-refractivity contribution in [2.24, 2.45) is 23.7 Å². The summed E-state index contributed by atoms with van der Waals surface area (Å²) < 4.78 is 20.1. The minimum absolute atomic E-state index is 0.224. The van der Waals surface area contributed by atoms with Gasteiger partial charge in [-0.05, 0) is 94.4 Å². The zero-order chi connectivity index (χ0) is 21.5. The topological polar surface area (TPSA) is 32.7 Å². The van der Waals surface area contributed by atoms with Gasteiger partial charge in [0.05, 0.1) is 12.2 Å². The number of aliphatic hydroxyl groups is 1. The van der Waals surface area contributed by atoms with Crippen molar-refractivity contribution in [3.05, 3.63) is 0 Å². The highest BCUT2D eigenvalue weighted by Crippen LogP contribution is 2.38. The lowest BCUT2D eigenvalue weighted by Crippen LogP contribution is -2.46. The molecule has 4 rings (SSSR count). The molecule has 1 N–H and O–H groups in total. The number of rotatable bonds is 8. The number of alkyl halides is 1. The van der Waals surface area contributed by atoms with Crippen LogP contribution in [0.1, 0.15) is 103 Å². The molecule has 0 amide bonds. The summed E-state index contributed by atoms with van der Waals surface area (Å²) in [7, 11) is 0. The highest BCUT2D eigenvalue weighted by atomic mass is 19.1. The number of aliphatic hydroxyl groups excluding tert-OH is 1. The fraction of sp³-hybridized carbons (Fsp3) is 1.00. The molecule has 180 valence electrons. The Labute approximate surface area is 190 Å². The van der Waals surface area contributed by atoms with E-state index < -0.39 is 6.17 Å². The molecule has 4 aliphatic rings. The fourth-order valence-electron chi connectivity index (χ4n) is 7.16. The van der Waals surface area contributed by atoms with E-state index in [1.807, 2.05) is 0 Å². The highest BCUT2D eigenvalue weighted by Gasteiger charge is 2.34. The lowest BCUT2D eigenvalue weighted by Gasteiger charge is -2.40. The van der Waals surface area contributed by atoms with E-state index in [0.717, 1.165) is 76.6 Å². The van der Waals surface area contributed by atoms with Crippen LogP contribution in [0.4, 0.5) is 4.39 Å². The molecule has 0 aromatic rings. The van der Waals surface area contributed by atoms with Gasteiger partial charge < -0.3 is 14.7 Å². The minimum Gasteiger partial charge on any atom is -0.392 e. The summed E-state index contributed by atoms with van der Waals surface area (Å²) >= 11 is 0. The van der Waals surface area contributed by atoms with Gasteiger partial charge in [-0.3, -0.25) is 0 Å². The van der Waals surface area contributed by atoms with E-state index in [1.54, 1.807) is 0 Å². The first kappa shape index (κ1) is 24.0. The van der Waals surface area contributed by atoms with E-state index in [4.69, 9.17) is 4.74 Å². The summed E-state index contributed by atoms with van der Waals surface area (Å²) in [4.78, 5) is 2.44. The van der Waals surface area contributed by atoms with Crippen LogP contribution in [0.3, 0.4) is 0 Å². The van der Waals surface area contributed by atoms with Gasteiger partial charge in [0, 0.05) is 19.7 Å². The van der Waals surface area contributed by atoms with Gasteiger partial charge in [0.2, 0.25) is 0 Å². The predicted octanol–water partition coefficient (Wildman–Crippen LogP) is 6.13. The number of hydrogen-bond acceptors (Lipinski definition) is 3. The number of nitrogens with zero attached hydrogens (tertiary/aromatic N) is 1. The largest absolute Gasteiger partial charge is 0.392 e. The Balaban J connectivity index is 1.20. The third kappa shape index (κ3) is 7.14. The van der Waals surface area contributed by atoms with Crippen LogP contribution in [0.5, 0.6) is 0 Å². The SMILES string of the molecule is OC1CN(CC2CCC(F)CC2)CCC1CCOC(C1CCCCC1)C1CCCCC1. The average molecular weight is 438 g/mol. The number of hydrogen-bond donors (Lipinski definition) is 1. The van der Waals surface area contributed by atoms with Crippen LogP contribution in [-0.2, 0) is 4.74 Å². The first-order valence-corrected chi connectivity index (χ1v) is 13.8. The molecular formula is C27H48FNO2. The quantitative estimate of drug-likeness (QED) is 0.495. The summed E-state index contributed by atoms with van der Waals surface area (Å²) in [6, 6.07) is 0. The van der Waals surface area contributed by atoms with Gasteiger partial charge in [-0.1, -0.05) is 38.5 Å². The van der Waals surface area contributed by atoms with Crippen LogP contribution < -0.4 is 0 Å². The van der Waals surface area contributed by atoms with Crippen molar-refractivity contribution in [1.29, 1.82) is 0 Å². The Morgan fingerprint density at radius 3 is 2.00 bits per heavy atom. The molecule has 1 saturated heterocycles. The second kappa shape index (κ2) is 12.3. The Hall–Kier alpha value is -0.190. The fourth-order valence-corrected chi connectivity index (χ4v) is 7.16. The van der Waals surface area contributed by atoms with Crippen molar-refractivity contribution >= 4 is 0 Å². The maximum atomic E-state index is 13.4. The smallest absolute Gasteiger partial charge is 0.100 e. The lowest BCUT2D eigenvalue weighted by molar-refractivity contribution is -0.0621. The Morgan fingerprint density at radius 2 is 1.42 bits per heavy atom. The Bertz CT molecular complexity index is 479. The predicted molar refractivity (Wildman–Crippen MR) is 125 cm³/mol. The molecule has 1 heterocycles. The Kier molecular flexibility index (Phi) is 9.52. The van der Waals surface area contributed by atoms with Crippen molar-refractivity contribution in [2.75, 3.05) is 26.2 Å². The first-order chi connectivity index (χ1) is 15.2. The number of ether oxygens (including phenoxy) is 1. The molecule has 2 atom stereocenters. The van der Waals surface area contributed by atoms with Crippen LogP contribution in [0.25, 0.3) is 0 Å². The average Bonchev–Trinajstić information content (AvgIpc) is 2.81. The summed E-state index contributed by atoms with van der Waals surface area (Å²) in [6.45, 7) is 3.78. The third-order valence-electron chi connectivity index (χ3n) is 9.13. The molecule has 0 bridgehead atoms. The van der Waals surface area contributed by atoms with Gasteiger partial charge in [0.25, 0.3) is 0 Å². The van der Waals surface area contributed by atoms with Crippen molar-refractivity contribution in [3.8, 4) is 0 Å². The standard InChI is InChI=1S/C27H48FNO2/c28-25-13-11-21(12-14-25)19-29-17-15-22(26(30)20-29)16-18-31-27(23-7-3-1-4-8-23)24-9-5-2-6-10-24/h21-27,30H,1-20H2. The van der Waals surface area contributed by atoms with Crippen molar-refractivity contribution in [1.82, 2.24) is 4.90 Å². The summed E-state index contributed by atoms with van der Waals surface area (Å²) in [6.07, 6.45) is 19.2. The highest BCUT2D eigenvalue weighted by molar-refractivity contribution is 4.85. The molecule has 31 heavy (non-hydrogen) atoms. The molecule has 1 aliphatic heterocycles. The Morgan fingerprint density at radius 1 is 0.806 bits per heavy atom. The van der Waals surface area contributed by atoms with E-state index in [1.165, 1.54) is 64.2 Å². The summed E-state index contributed by atoms with van der Waals surface area (Å²) in [5, 5.41) is 10.8. The molecular weight excluding hydrogens is 389 g/mol.